The molecular weight excluding hydrogens is 445 g/mol. The molecule has 0 aliphatic rings. The number of nitrogens with one attached hydrogen (secondary N) is 2. The fraction of sp³-hybridized carbons (Fsp3) is 0.316. The van der Waals surface area contributed by atoms with Gasteiger partial charge in [0, 0.05) is 11.6 Å². The van der Waals surface area contributed by atoms with Gasteiger partial charge in [0.05, 0.1) is 16.1 Å². The minimum absolute atomic E-state index is 0.0688. The van der Waals surface area contributed by atoms with Crippen molar-refractivity contribution in [1.29, 1.82) is 0 Å². The highest BCUT2D eigenvalue weighted by atomic mass is 35.5. The average Bonchev–Trinajstić information content (AvgIpc) is 2.58. The van der Waals surface area contributed by atoms with Crippen molar-refractivity contribution in [1.82, 2.24) is 10.0 Å². The third kappa shape index (κ3) is 5.66. The fourth-order valence-corrected chi connectivity index (χ4v) is 5.18. The van der Waals surface area contributed by atoms with Crippen LogP contribution in [0.15, 0.2) is 41.3 Å². The fourth-order valence-electron chi connectivity index (χ4n) is 2.69. The van der Waals surface area contributed by atoms with Crippen LogP contribution in [0.4, 0.5) is 8.78 Å². The van der Waals surface area contributed by atoms with Crippen LogP contribution in [-0.2, 0) is 14.8 Å². The van der Waals surface area contributed by atoms with Crippen molar-refractivity contribution in [3.8, 4) is 0 Å². The third-order valence-corrected chi connectivity index (χ3v) is 6.60. The van der Waals surface area contributed by atoms with Crippen LogP contribution in [0.2, 0.25) is 10.0 Å². The molecule has 158 valence electrons. The van der Waals surface area contributed by atoms with E-state index in [9.17, 15) is 22.0 Å². The highest BCUT2D eigenvalue weighted by Gasteiger charge is 2.31. The Morgan fingerprint density at radius 1 is 1.03 bits per heavy atom. The largest absolute Gasteiger partial charge is 0.348 e. The van der Waals surface area contributed by atoms with E-state index in [0.717, 1.165) is 6.07 Å². The van der Waals surface area contributed by atoms with E-state index in [4.69, 9.17) is 23.2 Å². The summed E-state index contributed by atoms with van der Waals surface area (Å²) in [6, 6.07) is 5.22. The van der Waals surface area contributed by atoms with Gasteiger partial charge in [-0.3, -0.25) is 4.79 Å². The van der Waals surface area contributed by atoms with Gasteiger partial charge in [0.25, 0.3) is 0 Å². The molecule has 2 aromatic carbocycles. The van der Waals surface area contributed by atoms with E-state index in [0.29, 0.717) is 6.07 Å². The second-order valence-electron chi connectivity index (χ2n) is 6.79. The molecule has 0 aromatic heterocycles. The SMILES string of the molecule is CC(C)[C@@H](NS(=O)(=O)c1c(Cl)cccc1Cl)C(=O)N[C@@H](C)c1ccc(F)cc1F. The maximum absolute atomic E-state index is 14.0. The number of carbonyl (C=O) groups excluding carboxylic acids is 1. The van der Waals surface area contributed by atoms with Crippen LogP contribution in [0.5, 0.6) is 0 Å². The number of hydrogen-bond donors (Lipinski definition) is 2. The van der Waals surface area contributed by atoms with Gasteiger partial charge in [0.15, 0.2) is 0 Å². The van der Waals surface area contributed by atoms with Gasteiger partial charge in [-0.25, -0.2) is 17.2 Å². The maximum atomic E-state index is 14.0. The van der Waals surface area contributed by atoms with Gasteiger partial charge in [0.1, 0.15) is 22.6 Å². The van der Waals surface area contributed by atoms with Crippen molar-refractivity contribution >= 4 is 39.1 Å². The molecule has 29 heavy (non-hydrogen) atoms. The molecule has 0 saturated heterocycles. The highest BCUT2D eigenvalue weighted by molar-refractivity contribution is 7.89. The summed E-state index contributed by atoms with van der Waals surface area (Å²) in [7, 11) is -4.22. The second-order valence-corrected chi connectivity index (χ2v) is 9.26. The van der Waals surface area contributed by atoms with E-state index in [1.807, 2.05) is 0 Å². The molecule has 2 rings (SSSR count). The van der Waals surface area contributed by atoms with Crippen LogP contribution in [0.1, 0.15) is 32.4 Å². The van der Waals surface area contributed by atoms with Crippen LogP contribution in [0, 0.1) is 17.6 Å². The molecular formula is C19H20Cl2F2N2O3S. The molecule has 0 saturated carbocycles. The summed E-state index contributed by atoms with van der Waals surface area (Å²) in [6.45, 7) is 4.79. The first-order chi connectivity index (χ1) is 13.4. The smallest absolute Gasteiger partial charge is 0.244 e. The quantitative estimate of drug-likeness (QED) is 0.635. The Morgan fingerprint density at radius 2 is 1.62 bits per heavy atom. The first-order valence-electron chi connectivity index (χ1n) is 8.65. The number of halogens is 4. The second kappa shape index (κ2) is 9.38. The Morgan fingerprint density at radius 3 is 2.14 bits per heavy atom. The van der Waals surface area contributed by atoms with Crippen LogP contribution in [0.3, 0.4) is 0 Å². The summed E-state index contributed by atoms with van der Waals surface area (Å²) in [5.74, 6) is -2.68. The molecule has 10 heteroatoms. The maximum Gasteiger partial charge on any atom is 0.244 e. The van der Waals surface area contributed by atoms with Gasteiger partial charge in [-0.1, -0.05) is 49.2 Å². The van der Waals surface area contributed by atoms with E-state index < -0.39 is 45.6 Å². The first kappa shape index (κ1) is 23.5. The van der Waals surface area contributed by atoms with Crippen LogP contribution in [-0.4, -0.2) is 20.4 Å². The molecule has 2 N–H and O–H groups in total. The summed E-state index contributed by atoms with van der Waals surface area (Å²) in [5, 5.41) is 2.37. The Balaban J connectivity index is 2.26. The summed E-state index contributed by atoms with van der Waals surface area (Å²) in [6.07, 6.45) is 0. The van der Waals surface area contributed by atoms with Crippen LogP contribution < -0.4 is 10.0 Å². The topological polar surface area (TPSA) is 75.3 Å². The summed E-state index contributed by atoms with van der Waals surface area (Å²) in [5.41, 5.74) is 0.0688. The van der Waals surface area contributed by atoms with Crippen LogP contribution >= 0.6 is 23.2 Å². The predicted molar refractivity (Wildman–Crippen MR) is 108 cm³/mol. The number of benzene rings is 2. The van der Waals surface area contributed by atoms with E-state index in [-0.39, 0.29) is 20.5 Å². The minimum Gasteiger partial charge on any atom is -0.348 e. The standard InChI is InChI=1S/C19H20Cl2F2N2O3S/c1-10(2)17(25-29(27,28)18-14(20)5-4-6-15(18)21)19(26)24-11(3)13-8-7-12(22)9-16(13)23/h4-11,17,25H,1-3H3,(H,24,26)/t11-,17+/m0/s1. The number of carbonyl (C=O) groups is 1. The van der Waals surface area contributed by atoms with Gasteiger partial charge >= 0.3 is 0 Å². The van der Waals surface area contributed by atoms with Crippen molar-refractivity contribution in [2.45, 2.75) is 37.8 Å². The molecule has 0 spiro atoms. The molecule has 2 aromatic rings. The molecule has 5 nitrogen and oxygen atoms in total. The zero-order chi connectivity index (χ0) is 21.9. The Hall–Kier alpha value is -1.74. The van der Waals surface area contributed by atoms with Gasteiger partial charge in [-0.15, -0.1) is 0 Å². The van der Waals surface area contributed by atoms with Gasteiger partial charge in [-0.2, -0.15) is 4.72 Å². The molecule has 0 unspecified atom stereocenters. The predicted octanol–water partition coefficient (Wildman–Crippen LogP) is 4.45. The van der Waals surface area contributed by atoms with Gasteiger partial charge < -0.3 is 5.32 Å². The third-order valence-electron chi connectivity index (χ3n) is 4.21. The number of hydrogen-bond acceptors (Lipinski definition) is 3. The van der Waals surface area contributed by atoms with E-state index in [2.05, 4.69) is 10.0 Å². The van der Waals surface area contributed by atoms with E-state index in [1.54, 1.807) is 13.8 Å². The Bertz CT molecular complexity index is 996. The summed E-state index contributed by atoms with van der Waals surface area (Å²) in [4.78, 5) is 12.4. The summed E-state index contributed by atoms with van der Waals surface area (Å²) >= 11 is 11.9. The molecule has 1 amide bonds. The van der Waals surface area contributed by atoms with Gasteiger partial charge in [-0.05, 0) is 31.0 Å². The Labute approximate surface area is 178 Å². The van der Waals surface area contributed by atoms with Crippen LogP contribution in [0.25, 0.3) is 0 Å². The van der Waals surface area contributed by atoms with Gasteiger partial charge in [0.2, 0.25) is 15.9 Å². The number of amides is 1. The molecule has 0 radical (unpaired) electrons. The monoisotopic (exact) mass is 464 g/mol. The molecule has 2 atom stereocenters. The lowest BCUT2D eigenvalue weighted by Gasteiger charge is -2.24. The lowest BCUT2D eigenvalue weighted by Crippen LogP contribution is -2.50. The normalized spacial score (nSPS) is 13.9. The van der Waals surface area contributed by atoms with Crippen molar-refractivity contribution in [3.63, 3.8) is 0 Å². The summed E-state index contributed by atoms with van der Waals surface area (Å²) < 4.78 is 54.9. The average molecular weight is 465 g/mol. The van der Waals surface area contributed by atoms with Crippen molar-refractivity contribution in [2.75, 3.05) is 0 Å². The van der Waals surface area contributed by atoms with Crippen molar-refractivity contribution in [3.05, 3.63) is 63.6 Å². The minimum atomic E-state index is -4.22. The molecule has 0 heterocycles. The molecule has 0 aliphatic carbocycles. The molecule has 0 bridgehead atoms. The van der Waals surface area contributed by atoms with E-state index in [1.165, 1.54) is 31.2 Å². The molecule has 0 fully saturated rings. The van der Waals surface area contributed by atoms with E-state index >= 15 is 0 Å². The van der Waals surface area contributed by atoms with Crippen molar-refractivity contribution in [2.24, 2.45) is 5.92 Å². The lowest BCUT2D eigenvalue weighted by atomic mass is 10.0. The number of rotatable bonds is 7. The lowest BCUT2D eigenvalue weighted by molar-refractivity contribution is -0.124. The highest BCUT2D eigenvalue weighted by Crippen LogP contribution is 2.29. The van der Waals surface area contributed by atoms with Crippen molar-refractivity contribution < 1.29 is 22.0 Å². The zero-order valence-electron chi connectivity index (χ0n) is 15.8. The first-order valence-corrected chi connectivity index (χ1v) is 10.9. The number of sulfonamides is 1. The Kier molecular flexibility index (Phi) is 7.62. The molecule has 0 aliphatic heterocycles. The zero-order valence-corrected chi connectivity index (χ0v) is 18.2.